The van der Waals surface area contributed by atoms with Crippen LogP contribution in [0.4, 0.5) is 5.69 Å². The Morgan fingerprint density at radius 1 is 1.26 bits per heavy atom. The number of hydrogen-bond acceptors (Lipinski definition) is 3. The Balaban J connectivity index is 3.05. The second kappa shape index (κ2) is 7.68. The van der Waals surface area contributed by atoms with Gasteiger partial charge in [-0.1, -0.05) is 26.7 Å². The largest absolute Gasteiger partial charge is 0.497 e. The highest BCUT2D eigenvalue weighted by Gasteiger charge is 2.14. The number of rotatable bonds is 7. The maximum Gasteiger partial charge on any atom is 0.121 e. The number of ether oxygens (including phenoxy) is 1. The van der Waals surface area contributed by atoms with E-state index in [9.17, 15) is 5.26 Å². The summed E-state index contributed by atoms with van der Waals surface area (Å²) in [5.74, 6) is 1.47. The van der Waals surface area contributed by atoms with Gasteiger partial charge in [0, 0.05) is 19.2 Å². The minimum absolute atomic E-state index is 0.665. The molecule has 0 N–H and O–H groups in total. The maximum atomic E-state index is 9.26. The summed E-state index contributed by atoms with van der Waals surface area (Å²) < 4.78 is 5.27. The van der Waals surface area contributed by atoms with E-state index in [0.29, 0.717) is 11.5 Å². The van der Waals surface area contributed by atoms with Crippen molar-refractivity contribution in [2.24, 2.45) is 5.92 Å². The molecule has 1 aromatic carbocycles. The summed E-state index contributed by atoms with van der Waals surface area (Å²) in [6, 6.07) is 7.91. The molecular weight excluding hydrogens is 236 g/mol. The first-order valence-corrected chi connectivity index (χ1v) is 7.03. The summed E-state index contributed by atoms with van der Waals surface area (Å²) in [5.41, 5.74) is 1.70. The van der Waals surface area contributed by atoms with Crippen molar-refractivity contribution < 1.29 is 4.74 Å². The van der Waals surface area contributed by atoms with Crippen LogP contribution in [-0.4, -0.2) is 20.2 Å². The Morgan fingerprint density at radius 2 is 1.95 bits per heavy atom. The summed E-state index contributed by atoms with van der Waals surface area (Å²) in [4.78, 5) is 2.28. The van der Waals surface area contributed by atoms with Crippen LogP contribution in [0.3, 0.4) is 0 Å². The standard InChI is InChI=1S/C16H24N2O/c1-5-13(6-2)12-18(7-3)16-10-15(19-4)9-8-14(16)11-17/h8-10,13H,5-7,12H2,1-4H3. The third kappa shape index (κ3) is 3.89. The first-order valence-electron chi connectivity index (χ1n) is 7.03. The van der Waals surface area contributed by atoms with Crippen molar-refractivity contribution in [1.29, 1.82) is 5.26 Å². The fraction of sp³-hybridized carbons (Fsp3) is 0.562. The Labute approximate surface area is 116 Å². The van der Waals surface area contributed by atoms with E-state index < -0.39 is 0 Å². The second-order valence-electron chi connectivity index (χ2n) is 4.72. The van der Waals surface area contributed by atoms with Gasteiger partial charge in [-0.15, -0.1) is 0 Å². The minimum atomic E-state index is 0.665. The van der Waals surface area contributed by atoms with Gasteiger partial charge in [0.1, 0.15) is 11.8 Å². The number of nitrogens with zero attached hydrogens (tertiary/aromatic N) is 2. The molecule has 0 unspecified atom stereocenters. The molecule has 104 valence electrons. The van der Waals surface area contributed by atoms with E-state index in [2.05, 4.69) is 31.7 Å². The van der Waals surface area contributed by atoms with E-state index in [-0.39, 0.29) is 0 Å². The molecule has 0 aliphatic carbocycles. The molecule has 0 spiro atoms. The van der Waals surface area contributed by atoms with E-state index in [1.54, 1.807) is 7.11 Å². The number of hydrogen-bond donors (Lipinski definition) is 0. The number of methoxy groups -OCH3 is 1. The Hall–Kier alpha value is -1.69. The lowest BCUT2D eigenvalue weighted by molar-refractivity contribution is 0.414. The Kier molecular flexibility index (Phi) is 6.21. The zero-order chi connectivity index (χ0) is 14.3. The lowest BCUT2D eigenvalue weighted by Gasteiger charge is -2.28. The van der Waals surface area contributed by atoms with Crippen molar-refractivity contribution in [3.63, 3.8) is 0 Å². The van der Waals surface area contributed by atoms with Gasteiger partial charge in [0.05, 0.1) is 18.4 Å². The zero-order valence-electron chi connectivity index (χ0n) is 12.4. The molecule has 0 amide bonds. The van der Waals surface area contributed by atoms with Crippen LogP contribution >= 0.6 is 0 Å². The predicted octanol–water partition coefficient (Wildman–Crippen LogP) is 3.83. The van der Waals surface area contributed by atoms with Crippen LogP contribution in [-0.2, 0) is 0 Å². The molecule has 3 nitrogen and oxygen atoms in total. The highest BCUT2D eigenvalue weighted by molar-refractivity contribution is 5.62. The minimum Gasteiger partial charge on any atom is -0.497 e. The van der Waals surface area contributed by atoms with Gasteiger partial charge in [0.15, 0.2) is 0 Å². The molecule has 0 atom stereocenters. The summed E-state index contributed by atoms with van der Waals surface area (Å²) in [6.07, 6.45) is 2.33. The van der Waals surface area contributed by atoms with Crippen molar-refractivity contribution in [2.75, 3.05) is 25.1 Å². The fourth-order valence-electron chi connectivity index (χ4n) is 2.25. The van der Waals surface area contributed by atoms with Gasteiger partial charge in [0.2, 0.25) is 0 Å². The SMILES string of the molecule is CCC(CC)CN(CC)c1cc(OC)ccc1C#N. The normalized spacial score (nSPS) is 10.3. The molecule has 1 aromatic rings. The molecule has 0 bridgehead atoms. The average molecular weight is 260 g/mol. The van der Waals surface area contributed by atoms with Crippen molar-refractivity contribution in [3.8, 4) is 11.8 Å². The molecule has 0 heterocycles. The van der Waals surface area contributed by atoms with Crippen molar-refractivity contribution in [1.82, 2.24) is 0 Å². The smallest absolute Gasteiger partial charge is 0.121 e. The maximum absolute atomic E-state index is 9.26. The van der Waals surface area contributed by atoms with Crippen LogP contribution < -0.4 is 9.64 Å². The third-order valence-corrected chi connectivity index (χ3v) is 3.68. The molecule has 0 radical (unpaired) electrons. The molecule has 0 fully saturated rings. The molecule has 0 aliphatic rings. The molecule has 1 rings (SSSR count). The van der Waals surface area contributed by atoms with Gasteiger partial charge < -0.3 is 9.64 Å². The highest BCUT2D eigenvalue weighted by Crippen LogP contribution is 2.27. The molecular formula is C16H24N2O. The van der Waals surface area contributed by atoms with Gasteiger partial charge >= 0.3 is 0 Å². The van der Waals surface area contributed by atoms with Gasteiger partial charge in [-0.05, 0) is 25.0 Å². The van der Waals surface area contributed by atoms with Crippen LogP contribution in [0.2, 0.25) is 0 Å². The third-order valence-electron chi connectivity index (χ3n) is 3.68. The van der Waals surface area contributed by atoms with Gasteiger partial charge in [0.25, 0.3) is 0 Å². The van der Waals surface area contributed by atoms with Gasteiger partial charge in [-0.3, -0.25) is 0 Å². The van der Waals surface area contributed by atoms with Crippen LogP contribution in [0.15, 0.2) is 18.2 Å². The molecule has 3 heteroatoms. The fourth-order valence-corrected chi connectivity index (χ4v) is 2.25. The lowest BCUT2D eigenvalue weighted by atomic mass is 10.0. The summed E-state index contributed by atoms with van der Waals surface area (Å²) in [6.45, 7) is 8.46. The van der Waals surface area contributed by atoms with Crippen molar-refractivity contribution in [3.05, 3.63) is 23.8 Å². The number of nitriles is 1. The van der Waals surface area contributed by atoms with E-state index >= 15 is 0 Å². The van der Waals surface area contributed by atoms with E-state index in [4.69, 9.17) is 4.74 Å². The Bertz CT molecular complexity index is 433. The van der Waals surface area contributed by atoms with Crippen molar-refractivity contribution in [2.45, 2.75) is 33.6 Å². The molecule has 19 heavy (non-hydrogen) atoms. The molecule has 0 saturated heterocycles. The summed E-state index contributed by atoms with van der Waals surface area (Å²) in [5, 5.41) is 9.26. The first kappa shape index (κ1) is 15.4. The summed E-state index contributed by atoms with van der Waals surface area (Å²) in [7, 11) is 1.66. The predicted molar refractivity (Wildman–Crippen MR) is 79.7 cm³/mol. The average Bonchev–Trinajstić information content (AvgIpc) is 2.48. The molecule has 0 aromatic heterocycles. The number of benzene rings is 1. The van der Waals surface area contributed by atoms with Crippen LogP contribution in [0.1, 0.15) is 39.2 Å². The van der Waals surface area contributed by atoms with Crippen LogP contribution in [0.25, 0.3) is 0 Å². The number of anilines is 1. The lowest BCUT2D eigenvalue weighted by Crippen LogP contribution is -2.29. The second-order valence-corrected chi connectivity index (χ2v) is 4.72. The summed E-state index contributed by atoms with van der Waals surface area (Å²) >= 11 is 0. The quantitative estimate of drug-likeness (QED) is 0.747. The van der Waals surface area contributed by atoms with E-state index in [1.165, 1.54) is 12.8 Å². The zero-order valence-corrected chi connectivity index (χ0v) is 12.4. The van der Waals surface area contributed by atoms with E-state index in [0.717, 1.165) is 24.5 Å². The Morgan fingerprint density at radius 3 is 2.42 bits per heavy atom. The van der Waals surface area contributed by atoms with E-state index in [1.807, 2.05) is 18.2 Å². The van der Waals surface area contributed by atoms with Crippen molar-refractivity contribution >= 4 is 5.69 Å². The topological polar surface area (TPSA) is 36.3 Å². The van der Waals surface area contributed by atoms with Gasteiger partial charge in [-0.2, -0.15) is 5.26 Å². The van der Waals surface area contributed by atoms with Crippen LogP contribution in [0, 0.1) is 17.2 Å². The highest BCUT2D eigenvalue weighted by atomic mass is 16.5. The van der Waals surface area contributed by atoms with Crippen LogP contribution in [0.5, 0.6) is 5.75 Å². The monoisotopic (exact) mass is 260 g/mol. The van der Waals surface area contributed by atoms with Gasteiger partial charge in [-0.25, -0.2) is 0 Å². The molecule has 0 saturated carbocycles. The molecule has 0 aliphatic heterocycles. The first-order chi connectivity index (χ1) is 9.19.